The van der Waals surface area contributed by atoms with Crippen molar-refractivity contribution in [2.45, 2.75) is 19.5 Å². The van der Waals surface area contributed by atoms with Crippen molar-refractivity contribution < 1.29 is 13.7 Å². The predicted molar refractivity (Wildman–Crippen MR) is 84.9 cm³/mol. The Morgan fingerprint density at radius 1 is 1.25 bits per heavy atom. The van der Waals surface area contributed by atoms with Gasteiger partial charge >= 0.3 is 0 Å². The van der Waals surface area contributed by atoms with E-state index in [-0.39, 0.29) is 6.04 Å². The average Bonchev–Trinajstić information content (AvgIpc) is 3.25. The molecule has 124 valence electrons. The lowest BCUT2D eigenvalue weighted by molar-refractivity contribution is -0.0272. The van der Waals surface area contributed by atoms with Crippen molar-refractivity contribution in [1.82, 2.24) is 20.0 Å². The molecule has 1 aliphatic heterocycles. The zero-order valence-corrected chi connectivity index (χ0v) is 13.4. The summed E-state index contributed by atoms with van der Waals surface area (Å²) in [6.45, 7) is 4.32. The number of aryl methyl sites for hydroxylation is 1. The third kappa shape index (κ3) is 3.08. The van der Waals surface area contributed by atoms with Crippen LogP contribution in [0.25, 0.3) is 11.3 Å². The van der Waals surface area contributed by atoms with E-state index in [1.165, 1.54) is 0 Å². The summed E-state index contributed by atoms with van der Waals surface area (Å²) in [5.74, 6) is 2.63. The quantitative estimate of drug-likeness (QED) is 0.729. The van der Waals surface area contributed by atoms with E-state index in [0.717, 1.165) is 17.9 Å². The summed E-state index contributed by atoms with van der Waals surface area (Å²) in [6, 6.07) is 9.87. The zero-order chi connectivity index (χ0) is 16.4. The molecule has 3 aromatic rings. The van der Waals surface area contributed by atoms with Crippen LogP contribution in [0.1, 0.15) is 23.6 Å². The Labute approximate surface area is 139 Å². The number of morpholine rings is 1. The van der Waals surface area contributed by atoms with Crippen LogP contribution < -0.4 is 0 Å². The summed E-state index contributed by atoms with van der Waals surface area (Å²) in [6.07, 6.45) is 1.76. The highest BCUT2D eigenvalue weighted by molar-refractivity contribution is 5.55. The number of aromatic nitrogens is 3. The minimum Gasteiger partial charge on any atom is -0.439 e. The van der Waals surface area contributed by atoms with Gasteiger partial charge in [-0.3, -0.25) is 4.90 Å². The van der Waals surface area contributed by atoms with E-state index >= 15 is 0 Å². The molecule has 0 unspecified atom stereocenters. The van der Waals surface area contributed by atoms with Crippen molar-refractivity contribution in [3.8, 4) is 11.3 Å². The molecule has 3 heterocycles. The van der Waals surface area contributed by atoms with Crippen LogP contribution in [0.2, 0.25) is 0 Å². The summed E-state index contributed by atoms with van der Waals surface area (Å²) < 4.78 is 16.8. The molecule has 7 nitrogen and oxygen atoms in total. The van der Waals surface area contributed by atoms with Crippen LogP contribution in [-0.2, 0) is 11.3 Å². The number of hydrogen-bond donors (Lipinski definition) is 0. The smallest absolute Gasteiger partial charge is 0.246 e. The van der Waals surface area contributed by atoms with E-state index < -0.39 is 0 Å². The maximum atomic E-state index is 5.90. The first-order valence-corrected chi connectivity index (χ1v) is 7.92. The van der Waals surface area contributed by atoms with Crippen molar-refractivity contribution in [1.29, 1.82) is 0 Å². The second-order valence-corrected chi connectivity index (χ2v) is 5.73. The van der Waals surface area contributed by atoms with Gasteiger partial charge in [-0.2, -0.15) is 4.98 Å². The van der Waals surface area contributed by atoms with Crippen LogP contribution in [0.5, 0.6) is 0 Å². The summed E-state index contributed by atoms with van der Waals surface area (Å²) in [5, 5.41) is 3.87. The van der Waals surface area contributed by atoms with Crippen LogP contribution in [-0.4, -0.2) is 39.8 Å². The molecule has 1 atom stereocenters. The normalized spacial score (nSPS) is 18.8. The van der Waals surface area contributed by atoms with Gasteiger partial charge in [0.1, 0.15) is 6.04 Å². The van der Waals surface area contributed by atoms with Gasteiger partial charge in [-0.15, -0.1) is 0 Å². The molecule has 0 aliphatic carbocycles. The Kier molecular flexibility index (Phi) is 4.10. The predicted octanol–water partition coefficient (Wildman–Crippen LogP) is 2.61. The lowest BCUT2D eigenvalue weighted by Crippen LogP contribution is -2.39. The number of oxazole rings is 1. The Morgan fingerprint density at radius 3 is 2.92 bits per heavy atom. The van der Waals surface area contributed by atoms with Gasteiger partial charge in [-0.1, -0.05) is 35.5 Å². The fourth-order valence-electron chi connectivity index (χ4n) is 2.80. The Morgan fingerprint density at radius 2 is 2.12 bits per heavy atom. The summed E-state index contributed by atoms with van der Waals surface area (Å²) in [5.41, 5.74) is 1.02. The van der Waals surface area contributed by atoms with E-state index in [9.17, 15) is 0 Å². The highest BCUT2D eigenvalue weighted by Crippen LogP contribution is 2.26. The first-order valence-electron chi connectivity index (χ1n) is 7.92. The monoisotopic (exact) mass is 326 g/mol. The maximum Gasteiger partial charge on any atom is 0.246 e. The minimum atomic E-state index is -0.0768. The third-order valence-corrected chi connectivity index (χ3v) is 4.02. The van der Waals surface area contributed by atoms with Gasteiger partial charge in [0.25, 0.3) is 0 Å². The first kappa shape index (κ1) is 15.0. The van der Waals surface area contributed by atoms with Gasteiger partial charge in [0.2, 0.25) is 11.8 Å². The van der Waals surface area contributed by atoms with Gasteiger partial charge in [0.15, 0.2) is 11.6 Å². The number of benzene rings is 1. The lowest BCUT2D eigenvalue weighted by Gasteiger charge is -2.32. The van der Waals surface area contributed by atoms with Crippen molar-refractivity contribution in [2.75, 3.05) is 19.8 Å². The molecule has 0 amide bonds. The van der Waals surface area contributed by atoms with E-state index in [0.29, 0.717) is 37.4 Å². The number of nitrogens with zero attached hydrogens (tertiary/aromatic N) is 4. The highest BCUT2D eigenvalue weighted by Gasteiger charge is 2.30. The first-order chi connectivity index (χ1) is 11.8. The van der Waals surface area contributed by atoms with E-state index in [4.69, 9.17) is 13.7 Å². The molecule has 0 spiro atoms. The van der Waals surface area contributed by atoms with Crippen molar-refractivity contribution >= 4 is 0 Å². The SMILES string of the molecule is Cc1noc([C@@H]2COCCN2Cc2ncc(-c3ccccc3)o2)n1. The Balaban J connectivity index is 1.52. The number of rotatable bonds is 4. The highest BCUT2D eigenvalue weighted by atomic mass is 16.5. The Bertz CT molecular complexity index is 799. The summed E-state index contributed by atoms with van der Waals surface area (Å²) in [4.78, 5) is 10.9. The van der Waals surface area contributed by atoms with Gasteiger partial charge in [0.05, 0.1) is 26.0 Å². The maximum absolute atomic E-state index is 5.90. The zero-order valence-electron chi connectivity index (χ0n) is 13.4. The molecular weight excluding hydrogens is 308 g/mol. The van der Waals surface area contributed by atoms with Gasteiger partial charge < -0.3 is 13.7 Å². The van der Waals surface area contributed by atoms with Crippen molar-refractivity contribution in [2.24, 2.45) is 0 Å². The average molecular weight is 326 g/mol. The van der Waals surface area contributed by atoms with Crippen LogP contribution in [0.4, 0.5) is 0 Å². The molecule has 2 aromatic heterocycles. The van der Waals surface area contributed by atoms with Crippen LogP contribution in [0, 0.1) is 6.92 Å². The fraction of sp³-hybridized carbons (Fsp3) is 0.353. The molecule has 0 N–H and O–H groups in total. The van der Waals surface area contributed by atoms with Crippen LogP contribution in [0.3, 0.4) is 0 Å². The molecule has 1 saturated heterocycles. The Hall–Kier alpha value is -2.51. The molecule has 4 rings (SSSR count). The van der Waals surface area contributed by atoms with Gasteiger partial charge in [-0.05, 0) is 6.92 Å². The second kappa shape index (κ2) is 6.54. The third-order valence-electron chi connectivity index (χ3n) is 4.02. The molecule has 1 fully saturated rings. The van der Waals surface area contributed by atoms with E-state index in [2.05, 4.69) is 20.0 Å². The molecule has 24 heavy (non-hydrogen) atoms. The van der Waals surface area contributed by atoms with Gasteiger partial charge in [-0.25, -0.2) is 4.98 Å². The van der Waals surface area contributed by atoms with Crippen molar-refractivity contribution in [3.63, 3.8) is 0 Å². The van der Waals surface area contributed by atoms with Gasteiger partial charge in [0, 0.05) is 12.1 Å². The summed E-state index contributed by atoms with van der Waals surface area (Å²) in [7, 11) is 0. The van der Waals surface area contributed by atoms with Crippen LogP contribution in [0.15, 0.2) is 45.5 Å². The fourth-order valence-corrected chi connectivity index (χ4v) is 2.80. The van der Waals surface area contributed by atoms with E-state index in [1.54, 1.807) is 13.1 Å². The molecule has 0 saturated carbocycles. The largest absolute Gasteiger partial charge is 0.439 e. The molecule has 1 aliphatic rings. The molecule has 0 radical (unpaired) electrons. The number of ether oxygens (including phenoxy) is 1. The second-order valence-electron chi connectivity index (χ2n) is 5.73. The van der Waals surface area contributed by atoms with Crippen molar-refractivity contribution in [3.05, 3.63) is 54.1 Å². The topological polar surface area (TPSA) is 77.4 Å². The van der Waals surface area contributed by atoms with Crippen LogP contribution >= 0.6 is 0 Å². The minimum absolute atomic E-state index is 0.0768. The molecule has 0 bridgehead atoms. The number of hydrogen-bond acceptors (Lipinski definition) is 7. The van der Waals surface area contributed by atoms with E-state index in [1.807, 2.05) is 30.3 Å². The molecule has 7 heteroatoms. The molecular formula is C17H18N4O3. The molecule has 1 aromatic carbocycles. The standard InChI is InChI=1S/C17H18N4O3/c1-12-19-17(24-20-12)14-11-22-8-7-21(14)10-16-18-9-15(23-16)13-5-3-2-4-6-13/h2-6,9,14H,7-8,10-11H2,1H3/t14-/m0/s1. The lowest BCUT2D eigenvalue weighted by atomic mass is 10.2. The summed E-state index contributed by atoms with van der Waals surface area (Å²) >= 11 is 0.